The molecule has 1 aromatic carbocycles. The van der Waals surface area contributed by atoms with Crippen LogP contribution in [0.1, 0.15) is 25.7 Å². The van der Waals surface area contributed by atoms with E-state index in [4.69, 9.17) is 21.1 Å². The second kappa shape index (κ2) is 8.77. The van der Waals surface area contributed by atoms with Gasteiger partial charge in [-0.25, -0.2) is 8.42 Å². The first-order valence-electron chi connectivity index (χ1n) is 9.15. The van der Waals surface area contributed by atoms with Crippen molar-refractivity contribution >= 4 is 27.5 Å². The number of ether oxygens (including phenoxy) is 2. The van der Waals surface area contributed by atoms with E-state index in [1.54, 1.807) is 12.1 Å². The smallest absolute Gasteiger partial charge is 0.246 e. The lowest BCUT2D eigenvalue weighted by Crippen LogP contribution is -2.44. The zero-order valence-corrected chi connectivity index (χ0v) is 16.9. The summed E-state index contributed by atoms with van der Waals surface area (Å²) in [7, 11) is -2.31. The fourth-order valence-corrected chi connectivity index (χ4v) is 5.40. The minimum absolute atomic E-state index is 0.0251. The first-order valence-corrected chi connectivity index (χ1v) is 11.0. The number of nitrogens with zero attached hydrogens (tertiary/aromatic N) is 1. The molecule has 150 valence electrons. The number of sulfonamides is 1. The molecule has 1 N–H and O–H groups in total. The number of hydrogen-bond donors (Lipinski definition) is 1. The normalized spacial score (nSPS) is 21.9. The van der Waals surface area contributed by atoms with E-state index in [1.807, 2.05) is 0 Å². The van der Waals surface area contributed by atoms with E-state index in [-0.39, 0.29) is 41.7 Å². The SMILES string of the molecule is COc1ccc(Cl)cc1S(=O)(=O)N1CCC(C(=O)NC[C@H]2CCCO2)CC1. The van der Waals surface area contributed by atoms with Crippen LogP contribution in [0.3, 0.4) is 0 Å². The van der Waals surface area contributed by atoms with Crippen LogP contribution in [0.15, 0.2) is 23.1 Å². The van der Waals surface area contributed by atoms with Gasteiger partial charge in [0.05, 0.1) is 13.2 Å². The number of nitrogens with one attached hydrogen (secondary N) is 1. The molecule has 1 amide bonds. The summed E-state index contributed by atoms with van der Waals surface area (Å²) in [6, 6.07) is 4.53. The molecule has 0 aromatic heterocycles. The van der Waals surface area contributed by atoms with E-state index in [1.165, 1.54) is 17.5 Å². The van der Waals surface area contributed by atoms with Crippen LogP contribution in [-0.4, -0.2) is 58.1 Å². The fraction of sp³-hybridized carbons (Fsp3) is 0.611. The van der Waals surface area contributed by atoms with Crippen molar-refractivity contribution in [2.45, 2.75) is 36.7 Å². The number of methoxy groups -OCH3 is 1. The number of carbonyl (C=O) groups is 1. The third-order valence-corrected chi connectivity index (χ3v) is 7.25. The van der Waals surface area contributed by atoms with E-state index in [9.17, 15) is 13.2 Å². The topological polar surface area (TPSA) is 84.9 Å². The van der Waals surface area contributed by atoms with Crippen molar-refractivity contribution in [1.82, 2.24) is 9.62 Å². The molecule has 0 aliphatic carbocycles. The highest BCUT2D eigenvalue weighted by Crippen LogP contribution is 2.31. The lowest BCUT2D eigenvalue weighted by Gasteiger charge is -2.31. The number of hydrogen-bond acceptors (Lipinski definition) is 5. The molecular weight excluding hydrogens is 392 g/mol. The molecule has 3 rings (SSSR count). The van der Waals surface area contributed by atoms with Gasteiger partial charge in [-0.15, -0.1) is 0 Å². The zero-order chi connectivity index (χ0) is 19.4. The van der Waals surface area contributed by atoms with Crippen molar-refractivity contribution in [3.63, 3.8) is 0 Å². The van der Waals surface area contributed by atoms with Crippen molar-refractivity contribution in [3.05, 3.63) is 23.2 Å². The Morgan fingerprint density at radius 2 is 2.07 bits per heavy atom. The Bertz CT molecular complexity index is 772. The molecular formula is C18H25ClN2O5S. The third kappa shape index (κ3) is 4.74. The minimum Gasteiger partial charge on any atom is -0.495 e. The van der Waals surface area contributed by atoms with E-state index < -0.39 is 10.0 Å². The van der Waals surface area contributed by atoms with Crippen LogP contribution in [0.25, 0.3) is 0 Å². The maximum absolute atomic E-state index is 13.0. The van der Waals surface area contributed by atoms with Crippen molar-refractivity contribution < 1.29 is 22.7 Å². The molecule has 1 aromatic rings. The molecule has 0 unspecified atom stereocenters. The Hall–Kier alpha value is -1.35. The predicted molar refractivity (Wildman–Crippen MR) is 101 cm³/mol. The molecule has 7 nitrogen and oxygen atoms in total. The summed E-state index contributed by atoms with van der Waals surface area (Å²) in [6.45, 7) is 1.85. The second-order valence-electron chi connectivity index (χ2n) is 6.85. The summed E-state index contributed by atoms with van der Waals surface area (Å²) >= 11 is 5.97. The molecule has 2 fully saturated rings. The molecule has 9 heteroatoms. The quantitative estimate of drug-likeness (QED) is 0.767. The Kier molecular flexibility index (Phi) is 6.62. The monoisotopic (exact) mass is 416 g/mol. The number of rotatable bonds is 6. The molecule has 2 heterocycles. The first kappa shape index (κ1) is 20.4. The van der Waals surface area contributed by atoms with Gasteiger partial charge in [0, 0.05) is 37.2 Å². The molecule has 0 spiro atoms. The highest BCUT2D eigenvalue weighted by Gasteiger charge is 2.34. The van der Waals surface area contributed by atoms with Gasteiger partial charge >= 0.3 is 0 Å². The van der Waals surface area contributed by atoms with Crippen molar-refractivity contribution in [3.8, 4) is 5.75 Å². The van der Waals surface area contributed by atoms with Crippen molar-refractivity contribution in [1.29, 1.82) is 0 Å². The second-order valence-corrected chi connectivity index (χ2v) is 9.20. The predicted octanol–water partition coefficient (Wildman–Crippen LogP) is 2.04. The number of amides is 1. The number of piperidine rings is 1. The van der Waals surface area contributed by atoms with E-state index >= 15 is 0 Å². The van der Waals surface area contributed by atoms with Crippen LogP contribution in [0.2, 0.25) is 5.02 Å². The summed E-state index contributed by atoms with van der Waals surface area (Å²) in [4.78, 5) is 12.4. The van der Waals surface area contributed by atoms with Crippen molar-refractivity contribution in [2.24, 2.45) is 5.92 Å². The Morgan fingerprint density at radius 1 is 1.33 bits per heavy atom. The van der Waals surface area contributed by atoms with Gasteiger partial charge < -0.3 is 14.8 Å². The molecule has 27 heavy (non-hydrogen) atoms. The summed E-state index contributed by atoms with van der Waals surface area (Å²) < 4.78 is 38.0. The highest BCUT2D eigenvalue weighted by atomic mass is 35.5. The number of halogens is 1. The van der Waals surface area contributed by atoms with Gasteiger partial charge in [-0.3, -0.25) is 4.79 Å². The van der Waals surface area contributed by atoms with E-state index in [0.29, 0.717) is 24.4 Å². The largest absolute Gasteiger partial charge is 0.495 e. The van der Waals surface area contributed by atoms with Gasteiger partial charge in [-0.05, 0) is 43.9 Å². The van der Waals surface area contributed by atoms with Crippen LogP contribution in [0.5, 0.6) is 5.75 Å². The van der Waals surface area contributed by atoms with E-state index in [0.717, 1.165) is 19.4 Å². The Balaban J connectivity index is 1.59. The molecule has 0 saturated carbocycles. The maximum Gasteiger partial charge on any atom is 0.246 e. The summed E-state index contributed by atoms with van der Waals surface area (Å²) in [5.41, 5.74) is 0. The molecule has 0 bridgehead atoms. The van der Waals surface area contributed by atoms with Gasteiger partial charge in [-0.1, -0.05) is 11.6 Å². The number of benzene rings is 1. The Morgan fingerprint density at radius 3 is 2.70 bits per heavy atom. The van der Waals surface area contributed by atoms with Crippen LogP contribution in [-0.2, 0) is 19.6 Å². The highest BCUT2D eigenvalue weighted by molar-refractivity contribution is 7.89. The van der Waals surface area contributed by atoms with Gasteiger partial charge in [0.25, 0.3) is 0 Å². The summed E-state index contributed by atoms with van der Waals surface area (Å²) in [5.74, 6) is 0.0535. The minimum atomic E-state index is -3.73. The standard InChI is InChI=1S/C18H25ClN2O5S/c1-25-16-5-4-14(19)11-17(16)27(23,24)21-8-6-13(7-9-21)18(22)20-12-15-3-2-10-26-15/h4-5,11,13,15H,2-3,6-10,12H2,1H3,(H,20,22)/t15-/m1/s1. The van der Waals surface area contributed by atoms with E-state index in [2.05, 4.69) is 5.32 Å². The average Bonchev–Trinajstić information content (AvgIpc) is 3.20. The van der Waals surface area contributed by atoms with Crippen molar-refractivity contribution in [2.75, 3.05) is 33.4 Å². The number of carbonyl (C=O) groups excluding carboxylic acids is 1. The van der Waals surface area contributed by atoms with Crippen LogP contribution >= 0.6 is 11.6 Å². The molecule has 2 aliphatic heterocycles. The lowest BCUT2D eigenvalue weighted by molar-refractivity contribution is -0.126. The molecule has 0 radical (unpaired) electrons. The van der Waals surface area contributed by atoms with Crippen LogP contribution < -0.4 is 10.1 Å². The van der Waals surface area contributed by atoms with Crippen LogP contribution in [0.4, 0.5) is 0 Å². The zero-order valence-electron chi connectivity index (χ0n) is 15.3. The van der Waals surface area contributed by atoms with Crippen LogP contribution in [0, 0.1) is 5.92 Å². The fourth-order valence-electron chi connectivity index (χ4n) is 3.51. The molecule has 2 saturated heterocycles. The van der Waals surface area contributed by atoms with Gasteiger partial charge in [0.1, 0.15) is 10.6 Å². The Labute approximate surface area is 165 Å². The molecule has 2 aliphatic rings. The average molecular weight is 417 g/mol. The summed E-state index contributed by atoms with van der Waals surface area (Å²) in [5, 5.41) is 3.27. The third-order valence-electron chi connectivity index (χ3n) is 5.10. The van der Waals surface area contributed by atoms with Gasteiger partial charge in [0.15, 0.2) is 0 Å². The van der Waals surface area contributed by atoms with Gasteiger partial charge in [0.2, 0.25) is 15.9 Å². The lowest BCUT2D eigenvalue weighted by atomic mass is 9.97. The maximum atomic E-state index is 13.0. The van der Waals surface area contributed by atoms with Gasteiger partial charge in [-0.2, -0.15) is 4.31 Å². The molecule has 1 atom stereocenters. The first-order chi connectivity index (χ1) is 12.9. The summed E-state index contributed by atoms with van der Waals surface area (Å²) in [6.07, 6.45) is 3.07.